The van der Waals surface area contributed by atoms with Crippen molar-refractivity contribution in [3.63, 3.8) is 0 Å². The molecule has 3 heterocycles. The molecule has 1 aromatic heterocycles. The number of hydrogen-bond acceptors (Lipinski definition) is 4. The van der Waals surface area contributed by atoms with Crippen LogP contribution >= 0.6 is 0 Å². The highest BCUT2D eigenvalue weighted by Crippen LogP contribution is 2.21. The number of carbonyl (C=O) groups is 1. The Labute approximate surface area is 176 Å². The van der Waals surface area contributed by atoms with Crippen LogP contribution in [0.2, 0.25) is 0 Å². The number of amides is 2. The van der Waals surface area contributed by atoms with Gasteiger partial charge < -0.3 is 20.4 Å². The summed E-state index contributed by atoms with van der Waals surface area (Å²) in [5, 5.41) is 5.90. The summed E-state index contributed by atoms with van der Waals surface area (Å²) < 4.78 is 0. The fourth-order valence-corrected chi connectivity index (χ4v) is 4.14. The molecular weight excluding hydrogens is 362 g/mol. The molecule has 2 aliphatic heterocycles. The summed E-state index contributed by atoms with van der Waals surface area (Å²) in [5.41, 5.74) is 1.04. The number of urea groups is 1. The number of piperidine rings is 2. The first kappa shape index (κ1) is 21.9. The highest BCUT2D eigenvalue weighted by atomic mass is 16.2. The molecule has 1 aromatic rings. The standard InChI is InChI=1S/C23H39N5O/c1-19-7-13-27(14-8-19)12-4-3-11-24-23(29)26-18-21-5-6-22(25-17-21)28-15-9-20(2)10-16-28/h5-6,17,19-20H,3-4,7-16,18H2,1-2H3,(H2,24,26,29). The molecule has 6 nitrogen and oxygen atoms in total. The molecule has 0 saturated carbocycles. The van der Waals surface area contributed by atoms with Crippen LogP contribution in [0, 0.1) is 11.8 Å². The van der Waals surface area contributed by atoms with Crippen molar-refractivity contribution >= 4 is 11.8 Å². The summed E-state index contributed by atoms with van der Waals surface area (Å²) in [6, 6.07) is 4.05. The van der Waals surface area contributed by atoms with Crippen LogP contribution in [0.15, 0.2) is 18.3 Å². The maximum absolute atomic E-state index is 12.0. The van der Waals surface area contributed by atoms with Crippen LogP contribution in [0.1, 0.15) is 57.9 Å². The molecule has 2 aliphatic rings. The van der Waals surface area contributed by atoms with Crippen LogP contribution in [0.4, 0.5) is 10.6 Å². The topological polar surface area (TPSA) is 60.5 Å². The van der Waals surface area contributed by atoms with Gasteiger partial charge in [-0.25, -0.2) is 9.78 Å². The van der Waals surface area contributed by atoms with Gasteiger partial charge in [0.15, 0.2) is 0 Å². The third-order valence-electron chi connectivity index (χ3n) is 6.43. The Morgan fingerprint density at radius 3 is 2.34 bits per heavy atom. The van der Waals surface area contributed by atoms with Crippen molar-refractivity contribution < 1.29 is 4.79 Å². The van der Waals surface area contributed by atoms with Gasteiger partial charge in [0, 0.05) is 32.4 Å². The molecule has 0 unspecified atom stereocenters. The van der Waals surface area contributed by atoms with Gasteiger partial charge in [-0.2, -0.15) is 0 Å². The van der Waals surface area contributed by atoms with Crippen molar-refractivity contribution in [1.82, 2.24) is 20.5 Å². The molecule has 0 aromatic carbocycles. The highest BCUT2D eigenvalue weighted by Gasteiger charge is 2.17. The first-order valence-corrected chi connectivity index (χ1v) is 11.5. The molecule has 0 spiro atoms. The molecule has 6 heteroatoms. The second-order valence-electron chi connectivity index (χ2n) is 9.03. The first-order valence-electron chi connectivity index (χ1n) is 11.5. The average molecular weight is 402 g/mol. The minimum atomic E-state index is -0.0918. The van der Waals surface area contributed by atoms with Gasteiger partial charge >= 0.3 is 6.03 Å². The summed E-state index contributed by atoms with van der Waals surface area (Å²) in [6.45, 7) is 11.7. The minimum absolute atomic E-state index is 0.0918. The lowest BCUT2D eigenvalue weighted by Crippen LogP contribution is -2.36. The van der Waals surface area contributed by atoms with Crippen molar-refractivity contribution in [3.05, 3.63) is 23.9 Å². The Kier molecular flexibility index (Phi) is 8.59. The molecule has 2 amide bonds. The Morgan fingerprint density at radius 2 is 1.69 bits per heavy atom. The first-order chi connectivity index (χ1) is 14.1. The smallest absolute Gasteiger partial charge is 0.315 e. The molecule has 3 rings (SSSR count). The molecule has 162 valence electrons. The Hall–Kier alpha value is -1.82. The van der Waals surface area contributed by atoms with E-state index in [0.29, 0.717) is 6.54 Å². The van der Waals surface area contributed by atoms with Gasteiger partial charge in [0.1, 0.15) is 5.82 Å². The molecular formula is C23H39N5O. The van der Waals surface area contributed by atoms with E-state index in [0.717, 1.165) is 62.2 Å². The second kappa shape index (κ2) is 11.4. The maximum atomic E-state index is 12.0. The molecule has 0 aliphatic carbocycles. The number of anilines is 1. The molecule has 0 atom stereocenters. The minimum Gasteiger partial charge on any atom is -0.357 e. The Balaban J connectivity index is 1.25. The van der Waals surface area contributed by atoms with Crippen LogP contribution in [0.25, 0.3) is 0 Å². The van der Waals surface area contributed by atoms with Gasteiger partial charge in [-0.05, 0) is 81.6 Å². The number of nitrogens with one attached hydrogen (secondary N) is 2. The third kappa shape index (κ3) is 7.50. The van der Waals surface area contributed by atoms with E-state index in [1.807, 2.05) is 6.20 Å². The zero-order chi connectivity index (χ0) is 20.5. The van der Waals surface area contributed by atoms with Crippen LogP contribution in [-0.2, 0) is 6.54 Å². The van der Waals surface area contributed by atoms with Crippen molar-refractivity contribution in [2.75, 3.05) is 44.2 Å². The van der Waals surface area contributed by atoms with E-state index < -0.39 is 0 Å². The van der Waals surface area contributed by atoms with E-state index in [9.17, 15) is 4.79 Å². The number of hydrogen-bond donors (Lipinski definition) is 2. The molecule has 2 fully saturated rings. The lowest BCUT2D eigenvalue weighted by molar-refractivity contribution is 0.189. The number of pyridine rings is 1. The summed E-state index contributed by atoms with van der Waals surface area (Å²) >= 11 is 0. The van der Waals surface area contributed by atoms with Crippen molar-refractivity contribution in [1.29, 1.82) is 0 Å². The van der Waals surface area contributed by atoms with E-state index >= 15 is 0 Å². The largest absolute Gasteiger partial charge is 0.357 e. The predicted molar refractivity (Wildman–Crippen MR) is 119 cm³/mol. The predicted octanol–water partition coefficient (Wildman–Crippen LogP) is 3.63. The van der Waals surface area contributed by atoms with Gasteiger partial charge in [-0.3, -0.25) is 0 Å². The number of rotatable bonds is 8. The lowest BCUT2D eigenvalue weighted by atomic mass is 9.99. The van der Waals surface area contributed by atoms with Crippen LogP contribution in [0.3, 0.4) is 0 Å². The van der Waals surface area contributed by atoms with E-state index in [-0.39, 0.29) is 6.03 Å². The Bertz CT molecular complexity index is 604. The number of unbranched alkanes of at least 4 members (excludes halogenated alkanes) is 1. The molecule has 29 heavy (non-hydrogen) atoms. The number of likely N-dealkylation sites (tertiary alicyclic amines) is 1. The third-order valence-corrected chi connectivity index (χ3v) is 6.43. The summed E-state index contributed by atoms with van der Waals surface area (Å²) in [5.74, 6) is 2.76. The monoisotopic (exact) mass is 401 g/mol. The summed E-state index contributed by atoms with van der Waals surface area (Å²) in [7, 11) is 0. The van der Waals surface area contributed by atoms with Crippen molar-refractivity contribution in [3.8, 4) is 0 Å². The zero-order valence-electron chi connectivity index (χ0n) is 18.3. The molecule has 0 bridgehead atoms. The van der Waals surface area contributed by atoms with Crippen molar-refractivity contribution in [2.45, 2.75) is 58.9 Å². The van der Waals surface area contributed by atoms with Gasteiger partial charge in [0.2, 0.25) is 0 Å². The number of nitrogens with zero attached hydrogens (tertiary/aromatic N) is 3. The fourth-order valence-electron chi connectivity index (χ4n) is 4.14. The van der Waals surface area contributed by atoms with E-state index in [2.05, 4.69) is 51.4 Å². The van der Waals surface area contributed by atoms with Crippen molar-refractivity contribution in [2.24, 2.45) is 11.8 Å². The molecule has 0 radical (unpaired) electrons. The van der Waals surface area contributed by atoms with E-state index in [4.69, 9.17) is 0 Å². The zero-order valence-corrected chi connectivity index (χ0v) is 18.3. The Morgan fingerprint density at radius 1 is 1.00 bits per heavy atom. The SMILES string of the molecule is CC1CCN(CCCCNC(=O)NCc2ccc(N3CCC(C)CC3)nc2)CC1. The van der Waals surface area contributed by atoms with E-state index in [1.165, 1.54) is 38.8 Å². The maximum Gasteiger partial charge on any atom is 0.315 e. The molecule has 2 N–H and O–H groups in total. The quantitative estimate of drug-likeness (QED) is 0.653. The van der Waals surface area contributed by atoms with Crippen LogP contribution in [-0.4, -0.2) is 55.2 Å². The molecule has 2 saturated heterocycles. The van der Waals surface area contributed by atoms with Gasteiger partial charge in [-0.1, -0.05) is 19.9 Å². The summed E-state index contributed by atoms with van der Waals surface area (Å²) in [4.78, 5) is 21.5. The van der Waals surface area contributed by atoms with Gasteiger partial charge in [-0.15, -0.1) is 0 Å². The van der Waals surface area contributed by atoms with Gasteiger partial charge in [0.05, 0.1) is 0 Å². The highest BCUT2D eigenvalue weighted by molar-refractivity contribution is 5.73. The second-order valence-corrected chi connectivity index (χ2v) is 9.03. The normalized spacial score (nSPS) is 19.3. The van der Waals surface area contributed by atoms with Gasteiger partial charge in [0.25, 0.3) is 0 Å². The number of aromatic nitrogens is 1. The fraction of sp³-hybridized carbons (Fsp3) is 0.739. The lowest BCUT2D eigenvalue weighted by Gasteiger charge is -2.31. The summed E-state index contributed by atoms with van der Waals surface area (Å²) in [6.07, 6.45) is 9.19. The van der Waals surface area contributed by atoms with E-state index in [1.54, 1.807) is 0 Å². The number of carbonyl (C=O) groups excluding carboxylic acids is 1. The van der Waals surface area contributed by atoms with Crippen LogP contribution in [0.5, 0.6) is 0 Å². The van der Waals surface area contributed by atoms with Crippen LogP contribution < -0.4 is 15.5 Å². The average Bonchev–Trinajstić information content (AvgIpc) is 2.74.